The second-order valence-corrected chi connectivity index (χ2v) is 7.68. The Morgan fingerprint density at radius 3 is 2.73 bits per heavy atom. The highest BCUT2D eigenvalue weighted by Gasteiger charge is 2.38. The SMILES string of the molecule is Nc1cnccc1C(=O)NC1N=C(c2ccccc2)c2cc([N+](=O)[O-])cc3c2N(CC3)C1=O. The summed E-state index contributed by atoms with van der Waals surface area (Å²) in [6, 6.07) is 13.4. The first-order chi connectivity index (χ1) is 15.9. The molecule has 2 aliphatic rings. The lowest BCUT2D eigenvalue weighted by Gasteiger charge is -2.21. The highest BCUT2D eigenvalue weighted by Crippen LogP contribution is 2.39. The van der Waals surface area contributed by atoms with Crippen molar-refractivity contribution in [2.45, 2.75) is 12.6 Å². The Kier molecular flexibility index (Phi) is 4.82. The van der Waals surface area contributed by atoms with Gasteiger partial charge in [0.15, 0.2) is 0 Å². The van der Waals surface area contributed by atoms with Crippen LogP contribution in [0.5, 0.6) is 0 Å². The lowest BCUT2D eigenvalue weighted by molar-refractivity contribution is -0.384. The molecule has 0 bridgehead atoms. The maximum Gasteiger partial charge on any atom is 0.272 e. The molecule has 0 saturated carbocycles. The fourth-order valence-corrected chi connectivity index (χ4v) is 4.17. The molecule has 2 aromatic carbocycles. The van der Waals surface area contributed by atoms with Crippen molar-refractivity contribution in [3.8, 4) is 0 Å². The lowest BCUT2D eigenvalue weighted by Crippen LogP contribution is -2.47. The minimum atomic E-state index is -1.24. The summed E-state index contributed by atoms with van der Waals surface area (Å²) >= 11 is 0. The van der Waals surface area contributed by atoms with Crippen LogP contribution in [-0.4, -0.2) is 40.1 Å². The number of nitrogens with zero attached hydrogens (tertiary/aromatic N) is 4. The zero-order chi connectivity index (χ0) is 23.1. The van der Waals surface area contributed by atoms with Gasteiger partial charge < -0.3 is 16.0 Å². The highest BCUT2D eigenvalue weighted by atomic mass is 16.6. The van der Waals surface area contributed by atoms with Gasteiger partial charge in [0.1, 0.15) is 0 Å². The Morgan fingerprint density at radius 1 is 1.21 bits per heavy atom. The molecule has 10 nitrogen and oxygen atoms in total. The molecule has 2 amide bonds. The van der Waals surface area contributed by atoms with Crippen molar-refractivity contribution in [3.05, 3.63) is 93.3 Å². The molecule has 0 fully saturated rings. The molecule has 0 spiro atoms. The van der Waals surface area contributed by atoms with Gasteiger partial charge in [0.25, 0.3) is 17.5 Å². The Balaban J connectivity index is 1.66. The molecular weight excluding hydrogens is 424 g/mol. The first-order valence-corrected chi connectivity index (χ1v) is 10.2. The molecule has 1 aromatic heterocycles. The van der Waals surface area contributed by atoms with Crippen LogP contribution in [0.2, 0.25) is 0 Å². The standard InChI is InChI=1S/C23H18N6O4/c24-18-12-25-8-6-16(18)22(30)27-21-23(31)28-9-7-14-10-15(29(32)33)11-17(20(14)28)19(26-21)13-4-2-1-3-5-13/h1-6,8,10-12,21H,7,9,24H2,(H,27,30). The predicted molar refractivity (Wildman–Crippen MR) is 121 cm³/mol. The fourth-order valence-electron chi connectivity index (χ4n) is 4.17. The zero-order valence-electron chi connectivity index (χ0n) is 17.3. The van der Waals surface area contributed by atoms with E-state index in [-0.39, 0.29) is 16.9 Å². The summed E-state index contributed by atoms with van der Waals surface area (Å²) in [5, 5.41) is 14.2. The van der Waals surface area contributed by atoms with Crippen LogP contribution in [0.3, 0.4) is 0 Å². The largest absolute Gasteiger partial charge is 0.397 e. The van der Waals surface area contributed by atoms with Crippen molar-refractivity contribution < 1.29 is 14.5 Å². The molecule has 0 radical (unpaired) electrons. The van der Waals surface area contributed by atoms with E-state index in [0.29, 0.717) is 41.1 Å². The third-order valence-electron chi connectivity index (χ3n) is 5.68. The van der Waals surface area contributed by atoms with Gasteiger partial charge >= 0.3 is 0 Å². The molecule has 33 heavy (non-hydrogen) atoms. The number of non-ortho nitro benzene ring substituents is 1. The van der Waals surface area contributed by atoms with E-state index in [9.17, 15) is 19.7 Å². The van der Waals surface area contributed by atoms with Gasteiger partial charge in [0.2, 0.25) is 6.17 Å². The van der Waals surface area contributed by atoms with Crippen LogP contribution in [0.4, 0.5) is 17.1 Å². The van der Waals surface area contributed by atoms with E-state index < -0.39 is 22.9 Å². The van der Waals surface area contributed by atoms with Crippen molar-refractivity contribution in [2.75, 3.05) is 17.2 Å². The number of carbonyl (C=O) groups excluding carboxylic acids is 2. The van der Waals surface area contributed by atoms with Gasteiger partial charge in [-0.05, 0) is 18.1 Å². The van der Waals surface area contributed by atoms with Gasteiger partial charge in [-0.2, -0.15) is 0 Å². The van der Waals surface area contributed by atoms with E-state index in [1.165, 1.54) is 35.5 Å². The molecule has 3 N–H and O–H groups in total. The predicted octanol–water partition coefficient (Wildman–Crippen LogP) is 2.07. The Bertz CT molecular complexity index is 1340. The number of nitro groups is 1. The van der Waals surface area contributed by atoms with Crippen LogP contribution in [-0.2, 0) is 11.2 Å². The molecule has 3 aromatic rings. The van der Waals surface area contributed by atoms with Crippen molar-refractivity contribution in [1.82, 2.24) is 10.3 Å². The van der Waals surface area contributed by atoms with Gasteiger partial charge in [-0.15, -0.1) is 0 Å². The molecule has 0 saturated heterocycles. The summed E-state index contributed by atoms with van der Waals surface area (Å²) in [5.74, 6) is -0.989. The van der Waals surface area contributed by atoms with Crippen LogP contribution in [0, 0.1) is 10.1 Å². The Morgan fingerprint density at radius 2 is 2.00 bits per heavy atom. The van der Waals surface area contributed by atoms with Crippen LogP contribution in [0.1, 0.15) is 27.0 Å². The van der Waals surface area contributed by atoms with Gasteiger partial charge in [0.05, 0.1) is 33.8 Å². The average Bonchev–Trinajstić information content (AvgIpc) is 3.21. The van der Waals surface area contributed by atoms with Crippen molar-refractivity contribution in [2.24, 2.45) is 4.99 Å². The summed E-state index contributed by atoms with van der Waals surface area (Å²) < 4.78 is 0. The first kappa shape index (κ1) is 20.3. The van der Waals surface area contributed by atoms with Crippen LogP contribution in [0.25, 0.3) is 0 Å². The first-order valence-electron chi connectivity index (χ1n) is 10.2. The van der Waals surface area contributed by atoms with Gasteiger partial charge in [0, 0.05) is 36.0 Å². The highest BCUT2D eigenvalue weighted by molar-refractivity contribution is 6.21. The van der Waals surface area contributed by atoms with Crippen LogP contribution < -0.4 is 16.0 Å². The number of amides is 2. The quantitative estimate of drug-likeness (QED) is 0.468. The molecule has 10 heteroatoms. The van der Waals surface area contributed by atoms with Crippen LogP contribution in [0.15, 0.2) is 65.9 Å². The molecule has 0 aliphatic carbocycles. The number of hydrogen-bond acceptors (Lipinski definition) is 7. The second-order valence-electron chi connectivity index (χ2n) is 7.68. The maximum absolute atomic E-state index is 13.4. The van der Waals surface area contributed by atoms with E-state index in [1.807, 2.05) is 18.2 Å². The summed E-state index contributed by atoms with van der Waals surface area (Å²) in [4.78, 5) is 47.5. The third-order valence-corrected chi connectivity index (χ3v) is 5.68. The summed E-state index contributed by atoms with van der Waals surface area (Å²) in [5.41, 5.74) is 8.97. The topological polar surface area (TPSA) is 144 Å². The summed E-state index contributed by atoms with van der Waals surface area (Å²) in [7, 11) is 0. The number of aromatic nitrogens is 1. The number of nitrogen functional groups attached to an aromatic ring is 1. The van der Waals surface area contributed by atoms with Crippen molar-refractivity contribution in [3.63, 3.8) is 0 Å². The van der Waals surface area contributed by atoms with E-state index in [2.05, 4.69) is 15.3 Å². The molecular formula is C23H18N6O4. The van der Waals surface area contributed by atoms with Crippen molar-refractivity contribution in [1.29, 1.82) is 0 Å². The van der Waals surface area contributed by atoms with Gasteiger partial charge in [-0.1, -0.05) is 30.3 Å². The number of hydrogen-bond donors (Lipinski definition) is 2. The molecule has 3 heterocycles. The molecule has 5 rings (SSSR count). The molecule has 2 aliphatic heterocycles. The number of pyridine rings is 1. The number of nitrogens with one attached hydrogen (secondary N) is 1. The van der Waals surface area contributed by atoms with E-state index in [0.717, 1.165) is 0 Å². The minimum absolute atomic E-state index is 0.0753. The van der Waals surface area contributed by atoms with Gasteiger partial charge in [-0.25, -0.2) is 4.99 Å². The summed E-state index contributed by atoms with van der Waals surface area (Å²) in [6.07, 6.45) is 2.01. The Hall–Kier alpha value is -4.60. The number of carbonyl (C=O) groups is 2. The lowest BCUT2D eigenvalue weighted by atomic mass is 9.97. The molecule has 164 valence electrons. The Labute approximate surface area is 187 Å². The number of aliphatic imine (C=N–C) groups is 1. The monoisotopic (exact) mass is 442 g/mol. The number of rotatable bonds is 4. The maximum atomic E-state index is 13.4. The smallest absolute Gasteiger partial charge is 0.272 e. The average molecular weight is 442 g/mol. The van der Waals surface area contributed by atoms with E-state index in [4.69, 9.17) is 5.73 Å². The van der Waals surface area contributed by atoms with Crippen LogP contribution >= 0.6 is 0 Å². The number of nitro benzene ring substituents is 1. The third kappa shape index (κ3) is 3.47. The molecule has 1 atom stereocenters. The number of nitrogens with two attached hydrogens (primary N) is 1. The van der Waals surface area contributed by atoms with E-state index in [1.54, 1.807) is 12.1 Å². The number of anilines is 2. The molecule has 1 unspecified atom stereocenters. The van der Waals surface area contributed by atoms with Crippen molar-refractivity contribution >= 4 is 34.6 Å². The fraction of sp³-hybridized carbons (Fsp3) is 0.130. The summed E-state index contributed by atoms with van der Waals surface area (Å²) in [6.45, 7) is 0.337. The van der Waals surface area contributed by atoms with E-state index >= 15 is 0 Å². The zero-order valence-corrected chi connectivity index (χ0v) is 17.3. The minimum Gasteiger partial charge on any atom is -0.397 e. The second kappa shape index (κ2) is 7.83. The van der Waals surface area contributed by atoms with Gasteiger partial charge in [-0.3, -0.25) is 24.7 Å². The number of benzene rings is 2. The normalized spacial score (nSPS) is 16.6.